The standard InChI is InChI=1S/C20H25N5O2/c1-6-15-7-9-16(10-8-15)11-24(17(26)12(2)3)20-22-19-21-14(5)13(4)18(27)25(19)23-20/h7-10,12H,6,11H2,1-5H3,(H,21,22,23). The van der Waals surface area contributed by atoms with Gasteiger partial charge in [-0.3, -0.25) is 19.6 Å². The normalized spacial score (nSPS) is 11.3. The zero-order valence-electron chi connectivity index (χ0n) is 16.4. The van der Waals surface area contributed by atoms with Crippen LogP contribution in [0.3, 0.4) is 0 Å². The van der Waals surface area contributed by atoms with Crippen LogP contribution in [-0.2, 0) is 17.8 Å². The SMILES string of the molecule is CCc1ccc(CN(C(=O)C(C)C)c2nc3nc(C)c(C)c(=O)n3[nH]2)cc1. The molecule has 0 bridgehead atoms. The molecule has 7 heteroatoms. The van der Waals surface area contributed by atoms with Crippen LogP contribution >= 0.6 is 0 Å². The summed E-state index contributed by atoms with van der Waals surface area (Å²) in [4.78, 5) is 35.6. The first-order valence-corrected chi connectivity index (χ1v) is 9.17. The number of nitrogens with zero attached hydrogens (tertiary/aromatic N) is 4. The summed E-state index contributed by atoms with van der Waals surface area (Å²) < 4.78 is 1.29. The van der Waals surface area contributed by atoms with Gasteiger partial charge in [0.15, 0.2) is 0 Å². The third-order valence-corrected chi connectivity index (χ3v) is 4.74. The fraction of sp³-hybridized carbons (Fsp3) is 0.400. The lowest BCUT2D eigenvalue weighted by Gasteiger charge is -2.21. The number of fused-ring (bicyclic) bond motifs is 1. The maximum atomic E-state index is 12.8. The van der Waals surface area contributed by atoms with Crippen LogP contribution in [0.5, 0.6) is 0 Å². The molecule has 3 rings (SSSR count). The second kappa shape index (κ2) is 7.34. The highest BCUT2D eigenvalue weighted by Gasteiger charge is 2.23. The highest BCUT2D eigenvalue weighted by Crippen LogP contribution is 2.17. The van der Waals surface area contributed by atoms with E-state index >= 15 is 0 Å². The van der Waals surface area contributed by atoms with E-state index in [2.05, 4.69) is 34.1 Å². The van der Waals surface area contributed by atoms with Gasteiger partial charge in [-0.15, -0.1) is 0 Å². The summed E-state index contributed by atoms with van der Waals surface area (Å²) in [5.41, 5.74) is 3.22. The monoisotopic (exact) mass is 367 g/mol. The predicted molar refractivity (Wildman–Crippen MR) is 105 cm³/mol. The average molecular weight is 367 g/mol. The van der Waals surface area contributed by atoms with E-state index < -0.39 is 0 Å². The van der Waals surface area contributed by atoms with Gasteiger partial charge in [-0.1, -0.05) is 45.0 Å². The lowest BCUT2D eigenvalue weighted by atomic mass is 10.1. The van der Waals surface area contributed by atoms with Crippen molar-refractivity contribution < 1.29 is 4.79 Å². The van der Waals surface area contributed by atoms with Crippen LogP contribution in [0.4, 0.5) is 5.95 Å². The molecule has 0 fully saturated rings. The number of aromatic nitrogens is 4. The van der Waals surface area contributed by atoms with E-state index in [1.807, 2.05) is 26.0 Å². The van der Waals surface area contributed by atoms with Crippen molar-refractivity contribution in [1.82, 2.24) is 19.6 Å². The number of nitrogens with one attached hydrogen (secondary N) is 1. The Balaban J connectivity index is 2.05. The number of amides is 1. The lowest BCUT2D eigenvalue weighted by Crippen LogP contribution is -2.34. The van der Waals surface area contributed by atoms with Gasteiger partial charge in [0, 0.05) is 17.2 Å². The largest absolute Gasteiger partial charge is 0.277 e. The Morgan fingerprint density at radius 1 is 1.15 bits per heavy atom. The molecule has 1 amide bonds. The van der Waals surface area contributed by atoms with E-state index in [0.29, 0.717) is 23.8 Å². The smallest absolute Gasteiger partial charge is 0.276 e. The molecule has 142 valence electrons. The molecule has 7 nitrogen and oxygen atoms in total. The van der Waals surface area contributed by atoms with Crippen LogP contribution in [0.25, 0.3) is 5.78 Å². The molecule has 0 unspecified atom stereocenters. The number of aromatic amines is 1. The molecule has 0 spiro atoms. The maximum absolute atomic E-state index is 12.8. The maximum Gasteiger partial charge on any atom is 0.277 e. The Morgan fingerprint density at radius 3 is 2.37 bits per heavy atom. The van der Waals surface area contributed by atoms with Crippen LogP contribution in [0.15, 0.2) is 29.1 Å². The van der Waals surface area contributed by atoms with Crippen LogP contribution in [0.2, 0.25) is 0 Å². The van der Waals surface area contributed by atoms with Crippen molar-refractivity contribution in [3.8, 4) is 0 Å². The third kappa shape index (κ3) is 3.63. The van der Waals surface area contributed by atoms with E-state index in [1.165, 1.54) is 10.1 Å². The van der Waals surface area contributed by atoms with Gasteiger partial charge in [0.05, 0.1) is 6.54 Å². The Kier molecular flexibility index (Phi) is 5.12. The van der Waals surface area contributed by atoms with E-state index in [0.717, 1.165) is 12.0 Å². The van der Waals surface area contributed by atoms with Crippen LogP contribution in [0, 0.1) is 19.8 Å². The first-order chi connectivity index (χ1) is 12.8. The van der Waals surface area contributed by atoms with Gasteiger partial charge in [0.2, 0.25) is 11.9 Å². The molecular formula is C20H25N5O2. The molecule has 0 aliphatic carbocycles. The van der Waals surface area contributed by atoms with Crippen molar-refractivity contribution in [2.45, 2.75) is 47.6 Å². The predicted octanol–water partition coefficient (Wildman–Crippen LogP) is 2.79. The second-order valence-electron chi connectivity index (χ2n) is 7.06. The average Bonchev–Trinajstić information content (AvgIpc) is 3.07. The highest BCUT2D eigenvalue weighted by molar-refractivity contribution is 5.93. The Bertz CT molecular complexity index is 1030. The number of rotatable bonds is 5. The number of anilines is 1. The molecule has 1 aromatic carbocycles. The van der Waals surface area contributed by atoms with Crippen molar-refractivity contribution in [3.63, 3.8) is 0 Å². The molecular weight excluding hydrogens is 342 g/mol. The van der Waals surface area contributed by atoms with Crippen LogP contribution in [0.1, 0.15) is 43.2 Å². The van der Waals surface area contributed by atoms with Crippen LogP contribution in [-0.4, -0.2) is 25.5 Å². The molecule has 0 radical (unpaired) electrons. The van der Waals surface area contributed by atoms with Gasteiger partial charge in [-0.2, -0.15) is 9.50 Å². The zero-order chi connectivity index (χ0) is 19.7. The fourth-order valence-corrected chi connectivity index (χ4v) is 2.85. The summed E-state index contributed by atoms with van der Waals surface area (Å²) in [7, 11) is 0. The van der Waals surface area contributed by atoms with Crippen molar-refractivity contribution in [2.24, 2.45) is 5.92 Å². The Morgan fingerprint density at radius 2 is 1.78 bits per heavy atom. The summed E-state index contributed by atoms with van der Waals surface area (Å²) in [5, 5.41) is 2.95. The topological polar surface area (TPSA) is 83.4 Å². The number of H-pyrrole nitrogens is 1. The second-order valence-corrected chi connectivity index (χ2v) is 7.06. The molecule has 2 heterocycles. The van der Waals surface area contributed by atoms with Gasteiger partial charge in [-0.05, 0) is 31.4 Å². The summed E-state index contributed by atoms with van der Waals surface area (Å²) in [6.45, 7) is 9.66. The Hall–Kier alpha value is -2.96. The molecule has 0 aliphatic rings. The third-order valence-electron chi connectivity index (χ3n) is 4.74. The summed E-state index contributed by atoms with van der Waals surface area (Å²) >= 11 is 0. The van der Waals surface area contributed by atoms with Gasteiger partial charge >= 0.3 is 0 Å². The van der Waals surface area contributed by atoms with E-state index in [4.69, 9.17) is 0 Å². The molecule has 0 aliphatic heterocycles. The molecule has 1 N–H and O–H groups in total. The number of carbonyl (C=O) groups is 1. The fourth-order valence-electron chi connectivity index (χ4n) is 2.85. The minimum atomic E-state index is -0.208. The number of benzene rings is 1. The highest BCUT2D eigenvalue weighted by atomic mass is 16.2. The van der Waals surface area contributed by atoms with E-state index in [-0.39, 0.29) is 23.2 Å². The van der Waals surface area contributed by atoms with Crippen LogP contribution < -0.4 is 10.5 Å². The molecule has 27 heavy (non-hydrogen) atoms. The quantitative estimate of drug-likeness (QED) is 0.752. The van der Waals surface area contributed by atoms with Gasteiger partial charge < -0.3 is 0 Å². The molecule has 0 saturated heterocycles. The van der Waals surface area contributed by atoms with Crippen molar-refractivity contribution >= 4 is 17.6 Å². The lowest BCUT2D eigenvalue weighted by molar-refractivity contribution is -0.121. The number of hydrogen-bond donors (Lipinski definition) is 1. The molecule has 2 aromatic heterocycles. The summed E-state index contributed by atoms with van der Waals surface area (Å²) in [6.07, 6.45) is 0.964. The Labute approximate surface area is 158 Å². The van der Waals surface area contributed by atoms with Gasteiger partial charge in [0.25, 0.3) is 11.3 Å². The van der Waals surface area contributed by atoms with E-state index in [1.54, 1.807) is 18.7 Å². The van der Waals surface area contributed by atoms with Crippen molar-refractivity contribution in [1.29, 1.82) is 0 Å². The van der Waals surface area contributed by atoms with Crippen molar-refractivity contribution in [2.75, 3.05) is 4.90 Å². The first kappa shape index (κ1) is 18.8. The van der Waals surface area contributed by atoms with E-state index in [9.17, 15) is 9.59 Å². The van der Waals surface area contributed by atoms with Crippen molar-refractivity contribution in [3.05, 3.63) is 57.0 Å². The number of carbonyl (C=O) groups excluding carboxylic acids is 1. The number of aryl methyl sites for hydroxylation is 2. The molecule has 3 aromatic rings. The summed E-state index contributed by atoms with van der Waals surface area (Å²) in [6, 6.07) is 8.15. The molecule has 0 saturated carbocycles. The summed E-state index contributed by atoms with van der Waals surface area (Å²) in [5.74, 6) is 0.306. The van der Waals surface area contributed by atoms with Gasteiger partial charge in [-0.25, -0.2) is 4.98 Å². The minimum absolute atomic E-state index is 0.0740. The zero-order valence-corrected chi connectivity index (χ0v) is 16.4. The number of hydrogen-bond acceptors (Lipinski definition) is 4. The first-order valence-electron chi connectivity index (χ1n) is 9.17. The van der Waals surface area contributed by atoms with Gasteiger partial charge in [0.1, 0.15) is 0 Å². The molecule has 0 atom stereocenters. The minimum Gasteiger partial charge on any atom is -0.276 e.